The van der Waals surface area contributed by atoms with Crippen molar-refractivity contribution >= 4 is 5.97 Å². The highest BCUT2D eigenvalue weighted by Crippen LogP contribution is 2.15. The zero-order valence-electron chi connectivity index (χ0n) is 20.2. The smallest absolute Gasteiger partial charge is 0.333 e. The van der Waals surface area contributed by atoms with E-state index in [2.05, 4.69) is 27.4 Å². The van der Waals surface area contributed by atoms with Gasteiger partial charge in [0.15, 0.2) is 0 Å². The molecule has 0 aromatic rings. The summed E-state index contributed by atoms with van der Waals surface area (Å²) >= 11 is 0. The van der Waals surface area contributed by atoms with Gasteiger partial charge in [0.2, 0.25) is 0 Å². The van der Waals surface area contributed by atoms with E-state index in [1.807, 2.05) is 0 Å². The highest BCUT2D eigenvalue weighted by atomic mass is 16.5. The number of unbranched alkanes of at least 4 members (excludes halogenated alkanes) is 16. The van der Waals surface area contributed by atoms with Crippen molar-refractivity contribution < 1.29 is 9.53 Å². The van der Waals surface area contributed by atoms with Crippen LogP contribution in [0.25, 0.3) is 0 Å². The molecule has 0 saturated heterocycles. The van der Waals surface area contributed by atoms with Gasteiger partial charge < -0.3 is 4.74 Å². The van der Waals surface area contributed by atoms with Gasteiger partial charge in [0, 0.05) is 5.57 Å². The van der Waals surface area contributed by atoms with E-state index < -0.39 is 0 Å². The summed E-state index contributed by atoms with van der Waals surface area (Å²) in [6.07, 6.45) is 25.1. The van der Waals surface area contributed by atoms with E-state index >= 15 is 0 Å². The first kappa shape index (κ1) is 28.2. The maximum absolute atomic E-state index is 11.8. The summed E-state index contributed by atoms with van der Waals surface area (Å²) in [6, 6.07) is 0. The van der Waals surface area contributed by atoms with E-state index in [1.54, 1.807) is 0 Å². The molecule has 0 aromatic heterocycles. The number of hydrogen-bond donors (Lipinski definition) is 0. The fourth-order valence-corrected chi connectivity index (χ4v) is 3.65. The van der Waals surface area contributed by atoms with Crippen LogP contribution in [0.4, 0.5) is 0 Å². The topological polar surface area (TPSA) is 26.3 Å². The van der Waals surface area contributed by atoms with Crippen LogP contribution in [-0.2, 0) is 9.53 Å². The first-order valence-corrected chi connectivity index (χ1v) is 12.9. The zero-order valence-corrected chi connectivity index (χ0v) is 20.2. The summed E-state index contributed by atoms with van der Waals surface area (Å²) in [5, 5.41) is 0. The van der Waals surface area contributed by atoms with Crippen LogP contribution in [0.15, 0.2) is 12.2 Å². The van der Waals surface area contributed by atoms with Gasteiger partial charge in [-0.3, -0.25) is 0 Å². The van der Waals surface area contributed by atoms with Gasteiger partial charge in [-0.05, 0) is 25.2 Å². The van der Waals surface area contributed by atoms with Crippen LogP contribution < -0.4 is 0 Å². The Balaban J connectivity index is 3.23. The number of hydrogen-bond acceptors (Lipinski definition) is 2. The molecule has 2 nitrogen and oxygen atoms in total. The van der Waals surface area contributed by atoms with E-state index in [0.717, 1.165) is 19.3 Å². The van der Waals surface area contributed by atoms with E-state index in [0.29, 0.717) is 18.1 Å². The van der Waals surface area contributed by atoms with Crippen LogP contribution in [-0.4, -0.2) is 12.6 Å². The highest BCUT2D eigenvalue weighted by molar-refractivity contribution is 5.87. The Hall–Kier alpha value is -0.790. The molecule has 0 aliphatic carbocycles. The minimum atomic E-state index is -0.192. The fourth-order valence-electron chi connectivity index (χ4n) is 3.65. The summed E-state index contributed by atoms with van der Waals surface area (Å²) in [6.45, 7) is 11.0. The number of carbonyl (C=O) groups excluding carboxylic acids is 1. The van der Waals surface area contributed by atoms with E-state index in [-0.39, 0.29) is 5.97 Å². The van der Waals surface area contributed by atoms with Gasteiger partial charge in [-0.25, -0.2) is 4.79 Å². The van der Waals surface area contributed by atoms with E-state index in [1.165, 1.54) is 103 Å². The Morgan fingerprint density at radius 2 is 1.07 bits per heavy atom. The SMILES string of the molecule is C=C(CCCCCCCCCCCCCCCCCCC)C(=O)OCCC(C)C. The second-order valence-electron chi connectivity index (χ2n) is 9.33. The minimum Gasteiger partial charge on any atom is -0.462 e. The molecule has 0 fully saturated rings. The first-order valence-electron chi connectivity index (χ1n) is 12.9. The summed E-state index contributed by atoms with van der Waals surface area (Å²) in [5.74, 6) is 0.378. The molecule has 0 aliphatic heterocycles. The van der Waals surface area contributed by atoms with Crippen molar-refractivity contribution in [3.63, 3.8) is 0 Å². The third-order valence-electron chi connectivity index (χ3n) is 5.80. The van der Waals surface area contributed by atoms with Crippen molar-refractivity contribution in [1.82, 2.24) is 0 Å². The number of ether oxygens (including phenoxy) is 1. The van der Waals surface area contributed by atoms with Crippen molar-refractivity contribution in [3.8, 4) is 0 Å². The van der Waals surface area contributed by atoms with Crippen LogP contribution in [0.2, 0.25) is 0 Å². The number of carbonyl (C=O) groups is 1. The molecular weight excluding hydrogens is 356 g/mol. The minimum absolute atomic E-state index is 0.192. The lowest BCUT2D eigenvalue weighted by atomic mass is 10.0. The maximum Gasteiger partial charge on any atom is 0.333 e. The molecule has 0 saturated carbocycles. The van der Waals surface area contributed by atoms with Gasteiger partial charge in [0.1, 0.15) is 0 Å². The van der Waals surface area contributed by atoms with Gasteiger partial charge in [0.25, 0.3) is 0 Å². The molecule has 0 spiro atoms. The molecule has 0 rings (SSSR count). The van der Waals surface area contributed by atoms with Crippen molar-refractivity contribution in [2.45, 2.75) is 143 Å². The van der Waals surface area contributed by atoms with Crippen LogP contribution in [0, 0.1) is 5.92 Å². The molecule has 0 unspecified atom stereocenters. The Morgan fingerprint density at radius 1 is 0.690 bits per heavy atom. The van der Waals surface area contributed by atoms with Crippen LogP contribution in [0.3, 0.4) is 0 Å². The third-order valence-corrected chi connectivity index (χ3v) is 5.80. The molecule has 0 amide bonds. The Kier molecular flexibility index (Phi) is 21.3. The standard InChI is InChI=1S/C27H52O2/c1-5-6-7-8-9-10-11-12-13-14-15-16-17-18-19-20-21-22-26(4)27(28)29-24-23-25(2)3/h25H,4-24H2,1-3H3. The molecule has 0 heterocycles. The Morgan fingerprint density at radius 3 is 1.45 bits per heavy atom. The van der Waals surface area contributed by atoms with Crippen LogP contribution in [0.5, 0.6) is 0 Å². The molecule has 0 bridgehead atoms. The summed E-state index contributed by atoms with van der Waals surface area (Å²) < 4.78 is 5.26. The predicted molar refractivity (Wildman–Crippen MR) is 128 cm³/mol. The second kappa shape index (κ2) is 21.9. The largest absolute Gasteiger partial charge is 0.462 e. The van der Waals surface area contributed by atoms with Crippen molar-refractivity contribution in [2.24, 2.45) is 5.92 Å². The Bertz CT molecular complexity index is 373. The molecule has 2 heteroatoms. The second-order valence-corrected chi connectivity index (χ2v) is 9.33. The Labute approximate surface area is 183 Å². The molecule has 29 heavy (non-hydrogen) atoms. The number of rotatable bonds is 22. The molecule has 0 radical (unpaired) electrons. The van der Waals surface area contributed by atoms with Crippen molar-refractivity contribution in [1.29, 1.82) is 0 Å². The normalized spacial score (nSPS) is 11.2. The molecule has 0 aliphatic rings. The highest BCUT2D eigenvalue weighted by Gasteiger charge is 2.08. The van der Waals surface area contributed by atoms with Crippen molar-refractivity contribution in [2.75, 3.05) is 6.61 Å². The summed E-state index contributed by atoms with van der Waals surface area (Å²) in [4.78, 5) is 11.8. The maximum atomic E-state index is 11.8. The lowest BCUT2D eigenvalue weighted by Gasteiger charge is -2.08. The van der Waals surface area contributed by atoms with Gasteiger partial charge in [-0.2, -0.15) is 0 Å². The lowest BCUT2D eigenvalue weighted by molar-refractivity contribution is -0.139. The molecular formula is C27H52O2. The van der Waals surface area contributed by atoms with E-state index in [9.17, 15) is 4.79 Å². The fraction of sp³-hybridized carbons (Fsp3) is 0.889. The molecule has 0 aromatic carbocycles. The first-order chi connectivity index (χ1) is 14.1. The average Bonchev–Trinajstić information content (AvgIpc) is 2.69. The van der Waals surface area contributed by atoms with Gasteiger partial charge in [-0.15, -0.1) is 0 Å². The quantitative estimate of drug-likeness (QED) is 0.101. The van der Waals surface area contributed by atoms with Crippen LogP contribution >= 0.6 is 0 Å². The zero-order chi connectivity index (χ0) is 21.6. The van der Waals surface area contributed by atoms with Gasteiger partial charge >= 0.3 is 5.97 Å². The third kappa shape index (κ3) is 21.7. The molecule has 172 valence electrons. The van der Waals surface area contributed by atoms with Crippen molar-refractivity contribution in [3.05, 3.63) is 12.2 Å². The summed E-state index contributed by atoms with van der Waals surface area (Å²) in [5.41, 5.74) is 0.648. The predicted octanol–water partition coefficient (Wildman–Crippen LogP) is 9.17. The average molecular weight is 409 g/mol. The number of esters is 1. The lowest BCUT2D eigenvalue weighted by Crippen LogP contribution is -2.09. The van der Waals surface area contributed by atoms with Gasteiger partial charge in [0.05, 0.1) is 6.61 Å². The summed E-state index contributed by atoms with van der Waals surface area (Å²) in [7, 11) is 0. The van der Waals surface area contributed by atoms with E-state index in [4.69, 9.17) is 4.74 Å². The van der Waals surface area contributed by atoms with Crippen LogP contribution in [0.1, 0.15) is 143 Å². The molecule has 0 atom stereocenters. The molecule has 0 N–H and O–H groups in total. The van der Waals surface area contributed by atoms with Gasteiger partial charge in [-0.1, -0.05) is 130 Å². The monoisotopic (exact) mass is 408 g/mol.